The first-order chi connectivity index (χ1) is 9.20. The van der Waals surface area contributed by atoms with E-state index in [4.69, 9.17) is 4.74 Å². The van der Waals surface area contributed by atoms with Crippen molar-refractivity contribution in [1.82, 2.24) is 5.32 Å². The molecule has 0 heterocycles. The highest BCUT2D eigenvalue weighted by Gasteiger charge is 2.15. The number of benzene rings is 1. The molecule has 0 aliphatic heterocycles. The maximum absolute atomic E-state index is 11.7. The van der Waals surface area contributed by atoms with Crippen LogP contribution in [0.25, 0.3) is 0 Å². The van der Waals surface area contributed by atoms with Crippen molar-refractivity contribution in [3.63, 3.8) is 0 Å². The van der Waals surface area contributed by atoms with Crippen molar-refractivity contribution in [2.75, 3.05) is 6.54 Å². The van der Waals surface area contributed by atoms with Crippen LogP contribution in [0.2, 0.25) is 0 Å². The minimum Gasteiger partial charge on any atom is -0.426 e. The Bertz CT molecular complexity index is 501. The smallest absolute Gasteiger partial charge is 0.312 e. The van der Waals surface area contributed by atoms with Gasteiger partial charge in [-0.2, -0.15) is 0 Å². The van der Waals surface area contributed by atoms with Gasteiger partial charge in [-0.15, -0.1) is 0 Å². The first-order valence-electron chi connectivity index (χ1n) is 6.76. The normalized spacial score (nSPS) is 11.1. The molecule has 0 atom stereocenters. The molecule has 0 aromatic heterocycles. The highest BCUT2D eigenvalue weighted by Crippen LogP contribution is 2.27. The molecule has 1 aromatic carbocycles. The second kappa shape index (κ2) is 6.55. The first kappa shape index (κ1) is 16.2. The molecular weight excluding hydrogens is 254 g/mol. The molecule has 0 saturated heterocycles. The number of ether oxygens (including phenoxy) is 1. The van der Waals surface area contributed by atoms with Gasteiger partial charge in [0.15, 0.2) is 0 Å². The van der Waals surface area contributed by atoms with Crippen LogP contribution < -0.4 is 10.1 Å². The SMILES string of the molecule is CC(=O)NCCC(=O)Oc1ccc(C(C)(C)C)cc1C. The number of esters is 1. The minimum absolute atomic E-state index is 0.0682. The summed E-state index contributed by atoms with van der Waals surface area (Å²) < 4.78 is 5.30. The molecule has 0 spiro atoms. The third-order valence-corrected chi connectivity index (χ3v) is 2.97. The first-order valence-corrected chi connectivity index (χ1v) is 6.76. The summed E-state index contributed by atoms with van der Waals surface area (Å²) in [5.74, 6) is 0.0831. The van der Waals surface area contributed by atoms with Gasteiger partial charge in [0, 0.05) is 13.5 Å². The molecule has 0 fully saturated rings. The Morgan fingerprint density at radius 2 is 1.90 bits per heavy atom. The van der Waals surface area contributed by atoms with Crippen LogP contribution in [0.1, 0.15) is 45.2 Å². The van der Waals surface area contributed by atoms with Gasteiger partial charge in [-0.05, 0) is 29.5 Å². The summed E-state index contributed by atoms with van der Waals surface area (Å²) in [6.07, 6.45) is 0.167. The van der Waals surface area contributed by atoms with Crippen molar-refractivity contribution < 1.29 is 14.3 Å². The Balaban J connectivity index is 2.65. The summed E-state index contributed by atoms with van der Waals surface area (Å²) in [7, 11) is 0. The van der Waals surface area contributed by atoms with E-state index in [0.717, 1.165) is 5.56 Å². The van der Waals surface area contributed by atoms with Crippen LogP contribution in [-0.2, 0) is 15.0 Å². The summed E-state index contributed by atoms with van der Waals surface area (Å²) in [4.78, 5) is 22.4. The topological polar surface area (TPSA) is 55.4 Å². The van der Waals surface area contributed by atoms with Crippen molar-refractivity contribution in [2.45, 2.75) is 46.5 Å². The molecular formula is C16H23NO3. The maximum atomic E-state index is 11.7. The quantitative estimate of drug-likeness (QED) is 0.680. The van der Waals surface area contributed by atoms with Gasteiger partial charge >= 0.3 is 5.97 Å². The lowest BCUT2D eigenvalue weighted by Gasteiger charge is -2.20. The molecule has 0 aliphatic carbocycles. The Morgan fingerprint density at radius 3 is 2.40 bits per heavy atom. The summed E-state index contributed by atoms with van der Waals surface area (Å²) in [5, 5.41) is 2.57. The highest BCUT2D eigenvalue weighted by atomic mass is 16.5. The van der Waals surface area contributed by atoms with Crippen LogP contribution in [0, 0.1) is 6.92 Å². The molecule has 4 nitrogen and oxygen atoms in total. The molecule has 20 heavy (non-hydrogen) atoms. The molecule has 0 unspecified atom stereocenters. The van der Waals surface area contributed by atoms with Crippen LogP contribution in [0.15, 0.2) is 18.2 Å². The van der Waals surface area contributed by atoms with E-state index < -0.39 is 0 Å². The number of carbonyl (C=O) groups is 2. The van der Waals surface area contributed by atoms with E-state index >= 15 is 0 Å². The summed E-state index contributed by atoms with van der Waals surface area (Å²) in [6.45, 7) is 10.1. The van der Waals surface area contributed by atoms with Crippen LogP contribution >= 0.6 is 0 Å². The average molecular weight is 277 g/mol. The third-order valence-electron chi connectivity index (χ3n) is 2.97. The number of aryl methyl sites for hydroxylation is 1. The molecule has 0 aliphatic rings. The van der Waals surface area contributed by atoms with Crippen molar-refractivity contribution in [3.8, 4) is 5.75 Å². The molecule has 110 valence electrons. The lowest BCUT2D eigenvalue weighted by molar-refractivity contribution is -0.134. The molecule has 4 heteroatoms. The fraction of sp³-hybridized carbons (Fsp3) is 0.500. The summed E-state index contributed by atoms with van der Waals surface area (Å²) in [5.41, 5.74) is 2.21. The van der Waals surface area contributed by atoms with E-state index in [2.05, 4.69) is 26.1 Å². The molecule has 1 amide bonds. The van der Waals surface area contributed by atoms with Crippen molar-refractivity contribution in [1.29, 1.82) is 0 Å². The Labute approximate surface area is 120 Å². The van der Waals surface area contributed by atoms with Gasteiger partial charge in [-0.1, -0.05) is 32.9 Å². The number of nitrogens with one attached hydrogen (secondary N) is 1. The molecule has 0 radical (unpaired) electrons. The minimum atomic E-state index is -0.342. The zero-order valence-electron chi connectivity index (χ0n) is 12.9. The Hall–Kier alpha value is -1.84. The number of carbonyl (C=O) groups excluding carboxylic acids is 2. The van der Waals surface area contributed by atoms with Crippen molar-refractivity contribution in [2.24, 2.45) is 0 Å². The lowest BCUT2D eigenvalue weighted by Crippen LogP contribution is -2.24. The number of hydrogen-bond acceptors (Lipinski definition) is 3. The van der Waals surface area contributed by atoms with Gasteiger partial charge in [0.25, 0.3) is 0 Å². The fourth-order valence-corrected chi connectivity index (χ4v) is 1.74. The standard InChI is InChI=1S/C16H23NO3/c1-11-10-13(16(3,4)5)6-7-14(11)20-15(19)8-9-17-12(2)18/h6-7,10H,8-9H2,1-5H3,(H,17,18). The molecule has 0 saturated carbocycles. The van der Waals surface area contributed by atoms with Gasteiger partial charge in [-0.3, -0.25) is 9.59 Å². The van der Waals surface area contributed by atoms with E-state index in [1.54, 1.807) is 0 Å². The van der Waals surface area contributed by atoms with Crippen LogP contribution in [0.3, 0.4) is 0 Å². The van der Waals surface area contributed by atoms with E-state index in [-0.39, 0.29) is 23.7 Å². The largest absolute Gasteiger partial charge is 0.426 e. The number of hydrogen-bond donors (Lipinski definition) is 1. The zero-order valence-corrected chi connectivity index (χ0v) is 12.9. The van der Waals surface area contributed by atoms with Gasteiger partial charge in [0.1, 0.15) is 5.75 Å². The second-order valence-electron chi connectivity index (χ2n) is 5.94. The molecule has 1 N–H and O–H groups in total. The number of rotatable bonds is 4. The van der Waals surface area contributed by atoms with E-state index in [1.165, 1.54) is 12.5 Å². The predicted octanol–water partition coefficient (Wildman–Crippen LogP) is 2.72. The molecule has 1 rings (SSSR count). The van der Waals surface area contributed by atoms with E-state index in [0.29, 0.717) is 12.3 Å². The summed E-state index contributed by atoms with van der Waals surface area (Å²) in [6, 6.07) is 5.84. The lowest BCUT2D eigenvalue weighted by atomic mass is 9.86. The zero-order chi connectivity index (χ0) is 15.3. The van der Waals surface area contributed by atoms with Gasteiger partial charge in [-0.25, -0.2) is 0 Å². The van der Waals surface area contributed by atoms with Gasteiger partial charge in [0.2, 0.25) is 5.91 Å². The monoisotopic (exact) mass is 277 g/mol. The van der Waals surface area contributed by atoms with Gasteiger partial charge in [0.05, 0.1) is 6.42 Å². The number of amides is 1. The molecule has 0 bridgehead atoms. The second-order valence-corrected chi connectivity index (χ2v) is 5.94. The van der Waals surface area contributed by atoms with Crippen LogP contribution in [-0.4, -0.2) is 18.4 Å². The Morgan fingerprint density at radius 1 is 1.25 bits per heavy atom. The highest BCUT2D eigenvalue weighted by molar-refractivity contribution is 5.75. The third kappa shape index (κ3) is 5.03. The molecule has 1 aromatic rings. The average Bonchev–Trinajstić information content (AvgIpc) is 2.29. The van der Waals surface area contributed by atoms with Crippen LogP contribution in [0.4, 0.5) is 0 Å². The predicted molar refractivity (Wildman–Crippen MR) is 78.8 cm³/mol. The fourth-order valence-electron chi connectivity index (χ4n) is 1.74. The van der Waals surface area contributed by atoms with E-state index in [1.807, 2.05) is 25.1 Å². The maximum Gasteiger partial charge on any atom is 0.312 e. The summed E-state index contributed by atoms with van der Waals surface area (Å²) >= 11 is 0. The van der Waals surface area contributed by atoms with Gasteiger partial charge < -0.3 is 10.1 Å². The van der Waals surface area contributed by atoms with Crippen molar-refractivity contribution in [3.05, 3.63) is 29.3 Å². The van der Waals surface area contributed by atoms with Crippen molar-refractivity contribution >= 4 is 11.9 Å². The Kier molecular flexibility index (Phi) is 5.31. The van der Waals surface area contributed by atoms with E-state index in [9.17, 15) is 9.59 Å². The van der Waals surface area contributed by atoms with Crippen LogP contribution in [0.5, 0.6) is 5.75 Å².